The highest BCUT2D eigenvalue weighted by Crippen LogP contribution is 2.28. The zero-order valence-electron chi connectivity index (χ0n) is 14.0. The maximum Gasteiger partial charge on any atom is 0.319 e. The number of anilines is 1. The lowest BCUT2D eigenvalue weighted by Crippen LogP contribution is -2.33. The maximum atomic E-state index is 12.1. The van der Waals surface area contributed by atoms with Gasteiger partial charge in [-0.3, -0.25) is 0 Å². The number of carbonyl (C=O) groups excluding carboxylic acids is 1. The number of rotatable bonds is 7. The highest BCUT2D eigenvalue weighted by molar-refractivity contribution is 5.90. The maximum absolute atomic E-state index is 12.1. The van der Waals surface area contributed by atoms with Crippen LogP contribution in [-0.2, 0) is 0 Å². The van der Waals surface area contributed by atoms with E-state index in [1.54, 1.807) is 19.1 Å². The predicted octanol–water partition coefficient (Wildman–Crippen LogP) is 4.01. The Kier molecular flexibility index (Phi) is 6.63. The molecule has 0 bridgehead atoms. The molecule has 24 heavy (non-hydrogen) atoms. The van der Waals surface area contributed by atoms with Gasteiger partial charge in [0, 0.05) is 6.54 Å². The number of aliphatic hydroxyl groups excluding tert-OH is 1. The normalized spacial score (nSPS) is 13.0. The predicted molar refractivity (Wildman–Crippen MR) is 95.4 cm³/mol. The van der Waals surface area contributed by atoms with Gasteiger partial charge < -0.3 is 20.5 Å². The second-order valence-corrected chi connectivity index (χ2v) is 5.94. The van der Waals surface area contributed by atoms with Gasteiger partial charge in [0.05, 0.1) is 11.8 Å². The van der Waals surface area contributed by atoms with Crippen LogP contribution in [0.2, 0.25) is 0 Å². The third-order valence-corrected chi connectivity index (χ3v) is 3.46. The molecule has 2 amide bonds. The largest absolute Gasteiger partial charge is 0.455 e. The molecule has 5 heteroatoms. The molecular weight excluding hydrogens is 304 g/mol. The molecule has 3 N–H and O–H groups in total. The van der Waals surface area contributed by atoms with Crippen molar-refractivity contribution in [3.8, 4) is 11.5 Å². The van der Waals surface area contributed by atoms with E-state index < -0.39 is 0 Å². The molecule has 2 atom stereocenters. The van der Waals surface area contributed by atoms with Gasteiger partial charge in [0.2, 0.25) is 0 Å². The van der Waals surface area contributed by atoms with E-state index >= 15 is 0 Å². The Labute approximate surface area is 142 Å². The Morgan fingerprint density at radius 1 is 1.08 bits per heavy atom. The van der Waals surface area contributed by atoms with Crippen molar-refractivity contribution >= 4 is 11.7 Å². The van der Waals surface area contributed by atoms with Crippen LogP contribution in [0, 0.1) is 5.92 Å². The molecular formula is C19H24N2O3. The van der Waals surface area contributed by atoms with Crippen LogP contribution in [0.25, 0.3) is 0 Å². The summed E-state index contributed by atoms with van der Waals surface area (Å²) in [5, 5.41) is 15.0. The van der Waals surface area contributed by atoms with E-state index in [1.165, 1.54) is 0 Å². The van der Waals surface area contributed by atoms with Gasteiger partial charge in [-0.15, -0.1) is 0 Å². The first kappa shape index (κ1) is 17.8. The SMILES string of the molecule is CC(O)CC(C)CNC(=O)Nc1ccccc1Oc1ccccc1. The van der Waals surface area contributed by atoms with Crippen LogP contribution in [0.5, 0.6) is 11.5 Å². The summed E-state index contributed by atoms with van der Waals surface area (Å²) in [5.41, 5.74) is 0.599. The highest BCUT2D eigenvalue weighted by atomic mass is 16.5. The molecule has 2 aromatic carbocycles. The van der Waals surface area contributed by atoms with Gasteiger partial charge in [0.15, 0.2) is 5.75 Å². The summed E-state index contributed by atoms with van der Waals surface area (Å²) in [5.74, 6) is 1.49. The van der Waals surface area contributed by atoms with Crippen molar-refractivity contribution in [2.45, 2.75) is 26.4 Å². The molecule has 0 aliphatic rings. The number of carbonyl (C=O) groups is 1. The van der Waals surface area contributed by atoms with Crippen molar-refractivity contribution in [1.82, 2.24) is 5.32 Å². The molecule has 128 valence electrons. The van der Waals surface area contributed by atoms with Crippen LogP contribution in [0.4, 0.5) is 10.5 Å². The third kappa shape index (κ3) is 5.93. The monoisotopic (exact) mass is 328 g/mol. The molecule has 0 aromatic heterocycles. The van der Waals surface area contributed by atoms with E-state index in [0.717, 1.165) is 0 Å². The zero-order chi connectivity index (χ0) is 17.4. The first-order valence-corrected chi connectivity index (χ1v) is 8.09. The van der Waals surface area contributed by atoms with Crippen LogP contribution >= 0.6 is 0 Å². The Balaban J connectivity index is 1.93. The summed E-state index contributed by atoms with van der Waals surface area (Å²) in [4.78, 5) is 12.1. The fourth-order valence-corrected chi connectivity index (χ4v) is 2.37. The smallest absolute Gasteiger partial charge is 0.319 e. The first-order chi connectivity index (χ1) is 11.5. The van der Waals surface area contributed by atoms with E-state index in [9.17, 15) is 9.90 Å². The van der Waals surface area contributed by atoms with E-state index in [1.807, 2.05) is 49.4 Å². The molecule has 0 saturated carbocycles. The van der Waals surface area contributed by atoms with E-state index in [-0.39, 0.29) is 18.1 Å². The third-order valence-electron chi connectivity index (χ3n) is 3.46. The average Bonchev–Trinajstić information content (AvgIpc) is 2.55. The number of nitrogens with one attached hydrogen (secondary N) is 2. The lowest BCUT2D eigenvalue weighted by molar-refractivity contribution is 0.163. The minimum atomic E-state index is -0.371. The standard InChI is InChI=1S/C19H24N2O3/c1-14(12-15(2)22)13-20-19(23)21-17-10-6-7-11-18(17)24-16-8-4-3-5-9-16/h3-11,14-15,22H,12-13H2,1-2H3,(H2,20,21,23). The van der Waals surface area contributed by atoms with Crippen LogP contribution in [0.1, 0.15) is 20.3 Å². The Morgan fingerprint density at radius 3 is 2.46 bits per heavy atom. The molecule has 0 saturated heterocycles. The topological polar surface area (TPSA) is 70.6 Å². The van der Waals surface area contributed by atoms with Gasteiger partial charge >= 0.3 is 6.03 Å². The van der Waals surface area contributed by atoms with E-state index in [0.29, 0.717) is 30.2 Å². The fourth-order valence-electron chi connectivity index (χ4n) is 2.37. The van der Waals surface area contributed by atoms with Crippen LogP contribution in [-0.4, -0.2) is 23.8 Å². The number of aliphatic hydroxyl groups is 1. The summed E-state index contributed by atoms with van der Waals surface area (Å²) in [6, 6.07) is 16.4. The number of hydrogen-bond donors (Lipinski definition) is 3. The second kappa shape index (κ2) is 8.93. The van der Waals surface area contributed by atoms with Crippen LogP contribution in [0.15, 0.2) is 54.6 Å². The van der Waals surface area contributed by atoms with Gasteiger partial charge in [-0.25, -0.2) is 4.79 Å². The molecule has 0 radical (unpaired) electrons. The van der Waals surface area contributed by atoms with Crippen molar-refractivity contribution in [3.63, 3.8) is 0 Å². The molecule has 0 fully saturated rings. The van der Waals surface area contributed by atoms with Gasteiger partial charge in [0.1, 0.15) is 5.75 Å². The van der Waals surface area contributed by atoms with Gasteiger partial charge in [-0.1, -0.05) is 37.3 Å². The Morgan fingerprint density at radius 2 is 1.75 bits per heavy atom. The molecule has 0 heterocycles. The minimum absolute atomic E-state index is 0.201. The summed E-state index contributed by atoms with van der Waals surface area (Å²) in [6.07, 6.45) is 0.276. The lowest BCUT2D eigenvalue weighted by Gasteiger charge is -2.16. The number of urea groups is 1. The number of amides is 2. The van der Waals surface area contributed by atoms with Crippen LogP contribution in [0.3, 0.4) is 0 Å². The minimum Gasteiger partial charge on any atom is -0.455 e. The molecule has 5 nitrogen and oxygen atoms in total. The van der Waals surface area contributed by atoms with Crippen molar-refractivity contribution in [3.05, 3.63) is 54.6 Å². The fraction of sp³-hybridized carbons (Fsp3) is 0.316. The highest BCUT2D eigenvalue weighted by Gasteiger charge is 2.10. The van der Waals surface area contributed by atoms with E-state index in [2.05, 4.69) is 10.6 Å². The summed E-state index contributed by atoms with van der Waals surface area (Å²) in [7, 11) is 0. The van der Waals surface area contributed by atoms with Crippen molar-refractivity contribution < 1.29 is 14.6 Å². The van der Waals surface area contributed by atoms with Gasteiger partial charge in [0.25, 0.3) is 0 Å². The molecule has 0 aliphatic carbocycles. The van der Waals surface area contributed by atoms with Crippen LogP contribution < -0.4 is 15.4 Å². The van der Waals surface area contributed by atoms with E-state index in [4.69, 9.17) is 4.74 Å². The molecule has 2 rings (SSSR count). The number of hydrogen-bond acceptors (Lipinski definition) is 3. The van der Waals surface area contributed by atoms with Crippen molar-refractivity contribution in [2.24, 2.45) is 5.92 Å². The van der Waals surface area contributed by atoms with Crippen molar-refractivity contribution in [1.29, 1.82) is 0 Å². The number of para-hydroxylation sites is 3. The first-order valence-electron chi connectivity index (χ1n) is 8.09. The number of ether oxygens (including phenoxy) is 1. The summed E-state index contributed by atoms with van der Waals surface area (Å²) in [6.45, 7) is 4.23. The summed E-state index contributed by atoms with van der Waals surface area (Å²) >= 11 is 0. The summed E-state index contributed by atoms with van der Waals surface area (Å²) < 4.78 is 5.81. The lowest BCUT2D eigenvalue weighted by atomic mass is 10.1. The quantitative estimate of drug-likeness (QED) is 0.719. The second-order valence-electron chi connectivity index (χ2n) is 5.94. The van der Waals surface area contributed by atoms with Crippen molar-refractivity contribution in [2.75, 3.05) is 11.9 Å². The average molecular weight is 328 g/mol. The van der Waals surface area contributed by atoms with Gasteiger partial charge in [-0.2, -0.15) is 0 Å². The number of benzene rings is 2. The zero-order valence-corrected chi connectivity index (χ0v) is 14.0. The Hall–Kier alpha value is -2.53. The Bertz CT molecular complexity index is 644. The molecule has 2 unspecified atom stereocenters. The molecule has 2 aromatic rings. The van der Waals surface area contributed by atoms with Gasteiger partial charge in [-0.05, 0) is 43.5 Å². The molecule has 0 aliphatic heterocycles. The molecule has 0 spiro atoms.